The molecular formula is C22H29NO4. The predicted molar refractivity (Wildman–Crippen MR) is 106 cm³/mol. The largest absolute Gasteiger partial charge is 0.508 e. The Morgan fingerprint density at radius 3 is 2.70 bits per heavy atom. The van der Waals surface area contributed by atoms with Gasteiger partial charge in [0.15, 0.2) is 0 Å². The lowest BCUT2D eigenvalue weighted by Crippen LogP contribution is -2.09. The van der Waals surface area contributed by atoms with Crippen LogP contribution in [0.4, 0.5) is 0 Å². The van der Waals surface area contributed by atoms with E-state index in [0.717, 1.165) is 40.4 Å². The number of rotatable bonds is 5. The fraction of sp³-hybridized carbons (Fsp3) is 0.545. The summed E-state index contributed by atoms with van der Waals surface area (Å²) in [4.78, 5) is 3.37. The Morgan fingerprint density at radius 1 is 1.30 bits per heavy atom. The van der Waals surface area contributed by atoms with Crippen molar-refractivity contribution in [2.24, 2.45) is 5.92 Å². The molecule has 1 fully saturated rings. The van der Waals surface area contributed by atoms with Gasteiger partial charge < -0.3 is 25.0 Å². The molecule has 2 heterocycles. The summed E-state index contributed by atoms with van der Waals surface area (Å²) < 4.78 is 6.14. The number of aliphatic hydroxyl groups excluding tert-OH is 2. The summed E-state index contributed by atoms with van der Waals surface area (Å²) >= 11 is 0. The average molecular weight is 371 g/mol. The van der Waals surface area contributed by atoms with E-state index >= 15 is 0 Å². The van der Waals surface area contributed by atoms with Gasteiger partial charge in [-0.1, -0.05) is 13.8 Å². The molecule has 1 aromatic carbocycles. The van der Waals surface area contributed by atoms with Gasteiger partial charge in [0.1, 0.15) is 17.6 Å². The number of allylic oxidation sites excluding steroid dienone is 1. The Labute approximate surface area is 159 Å². The van der Waals surface area contributed by atoms with Crippen molar-refractivity contribution in [1.82, 2.24) is 4.98 Å². The minimum absolute atomic E-state index is 0.000261. The Morgan fingerprint density at radius 2 is 2.04 bits per heavy atom. The van der Waals surface area contributed by atoms with Gasteiger partial charge in [-0.15, -0.1) is 0 Å². The molecule has 27 heavy (non-hydrogen) atoms. The first-order chi connectivity index (χ1) is 12.8. The summed E-state index contributed by atoms with van der Waals surface area (Å²) in [5, 5.41) is 31.6. The second-order valence-electron chi connectivity index (χ2n) is 8.72. The van der Waals surface area contributed by atoms with Crippen LogP contribution in [0.5, 0.6) is 5.75 Å². The van der Waals surface area contributed by atoms with E-state index in [-0.39, 0.29) is 35.7 Å². The zero-order valence-corrected chi connectivity index (χ0v) is 16.5. The van der Waals surface area contributed by atoms with E-state index in [0.29, 0.717) is 18.0 Å². The summed E-state index contributed by atoms with van der Waals surface area (Å²) in [6.45, 7) is 8.46. The molecule has 1 aromatic heterocycles. The number of hydrogen-bond acceptors (Lipinski definition) is 4. The van der Waals surface area contributed by atoms with Crippen molar-refractivity contribution >= 4 is 16.7 Å². The highest BCUT2D eigenvalue weighted by Crippen LogP contribution is 2.56. The summed E-state index contributed by atoms with van der Waals surface area (Å²) in [6.07, 6.45) is 4.30. The van der Waals surface area contributed by atoms with Gasteiger partial charge in [0.05, 0.1) is 23.4 Å². The van der Waals surface area contributed by atoms with E-state index in [4.69, 9.17) is 4.74 Å². The van der Waals surface area contributed by atoms with E-state index in [1.54, 1.807) is 12.1 Å². The number of phenols is 1. The third-order valence-electron chi connectivity index (χ3n) is 6.26. The molecule has 146 valence electrons. The quantitative estimate of drug-likeness (QED) is 0.567. The SMILES string of the molecule is Cc1c(O)cc2c3c([nH]c2c1C1OC1(C)CCC(C)C)C(O)=CCC3CO. The van der Waals surface area contributed by atoms with Gasteiger partial charge in [-0.25, -0.2) is 0 Å². The van der Waals surface area contributed by atoms with Crippen LogP contribution in [0.25, 0.3) is 16.7 Å². The van der Waals surface area contributed by atoms with Crippen molar-refractivity contribution in [3.63, 3.8) is 0 Å². The van der Waals surface area contributed by atoms with Crippen molar-refractivity contribution in [2.45, 2.75) is 64.6 Å². The number of aromatic nitrogens is 1. The minimum atomic E-state index is -0.227. The molecule has 0 saturated carbocycles. The molecule has 1 saturated heterocycles. The summed E-state index contributed by atoms with van der Waals surface area (Å²) in [5.41, 5.74) is 3.97. The molecule has 4 rings (SSSR count). The van der Waals surface area contributed by atoms with E-state index in [9.17, 15) is 15.3 Å². The molecule has 3 atom stereocenters. The Bertz CT molecular complexity index is 926. The Kier molecular flexibility index (Phi) is 4.28. The Hall–Kier alpha value is -1.98. The number of hydrogen-bond donors (Lipinski definition) is 4. The van der Waals surface area contributed by atoms with E-state index < -0.39 is 0 Å². The monoisotopic (exact) mass is 371 g/mol. The maximum Gasteiger partial charge on any atom is 0.135 e. The standard InChI is InChI=1S/C22H29NO4/c1-11(2)7-8-22(4)21(27-22)17-12(3)16(26)9-14-18-13(10-24)5-6-15(25)20(18)23-19(14)17/h6,9,11,13,21,23-26H,5,7-8,10H2,1-4H3. The minimum Gasteiger partial charge on any atom is -0.508 e. The highest BCUT2D eigenvalue weighted by Gasteiger charge is 2.54. The van der Waals surface area contributed by atoms with Crippen molar-refractivity contribution < 1.29 is 20.1 Å². The lowest BCUT2D eigenvalue weighted by atomic mass is 9.86. The average Bonchev–Trinajstić information content (AvgIpc) is 3.13. The molecule has 3 unspecified atom stereocenters. The van der Waals surface area contributed by atoms with Crippen LogP contribution in [0.1, 0.15) is 74.4 Å². The van der Waals surface area contributed by atoms with E-state index in [2.05, 4.69) is 25.8 Å². The lowest BCUT2D eigenvalue weighted by molar-refractivity contribution is 0.264. The summed E-state index contributed by atoms with van der Waals surface area (Å²) in [6, 6.07) is 1.75. The maximum absolute atomic E-state index is 10.6. The molecule has 5 nitrogen and oxygen atoms in total. The molecule has 5 heteroatoms. The van der Waals surface area contributed by atoms with Crippen LogP contribution in [-0.2, 0) is 4.74 Å². The Balaban J connectivity index is 1.85. The van der Waals surface area contributed by atoms with Crippen LogP contribution < -0.4 is 0 Å². The molecule has 2 aliphatic rings. The van der Waals surface area contributed by atoms with Crippen LogP contribution in [0.15, 0.2) is 12.1 Å². The van der Waals surface area contributed by atoms with Crippen molar-refractivity contribution in [2.75, 3.05) is 6.61 Å². The first-order valence-corrected chi connectivity index (χ1v) is 9.83. The van der Waals surface area contributed by atoms with Crippen LogP contribution in [0, 0.1) is 12.8 Å². The van der Waals surface area contributed by atoms with Gasteiger partial charge in [0.25, 0.3) is 0 Å². The summed E-state index contributed by atoms with van der Waals surface area (Å²) in [5.74, 6) is 0.953. The first-order valence-electron chi connectivity index (χ1n) is 9.83. The highest BCUT2D eigenvalue weighted by atomic mass is 16.6. The number of epoxide rings is 1. The second-order valence-corrected chi connectivity index (χ2v) is 8.72. The number of nitrogens with one attached hydrogen (secondary N) is 1. The number of fused-ring (bicyclic) bond motifs is 3. The van der Waals surface area contributed by atoms with Gasteiger partial charge in [-0.05, 0) is 62.3 Å². The van der Waals surface area contributed by atoms with Crippen LogP contribution >= 0.6 is 0 Å². The van der Waals surface area contributed by atoms with Gasteiger partial charge in [0, 0.05) is 16.9 Å². The molecule has 0 amide bonds. The molecule has 0 bridgehead atoms. The number of aliphatic hydroxyl groups is 2. The second kappa shape index (κ2) is 6.28. The molecule has 0 spiro atoms. The number of benzene rings is 1. The van der Waals surface area contributed by atoms with E-state index in [1.165, 1.54) is 0 Å². The molecule has 0 radical (unpaired) electrons. The van der Waals surface area contributed by atoms with Crippen LogP contribution in [0.3, 0.4) is 0 Å². The van der Waals surface area contributed by atoms with Gasteiger partial charge in [-0.3, -0.25) is 0 Å². The maximum atomic E-state index is 10.6. The number of aromatic hydroxyl groups is 1. The fourth-order valence-electron chi connectivity index (χ4n) is 4.42. The van der Waals surface area contributed by atoms with Crippen molar-refractivity contribution in [3.8, 4) is 5.75 Å². The molecule has 1 aliphatic heterocycles. The van der Waals surface area contributed by atoms with Crippen LogP contribution in [-0.4, -0.2) is 32.5 Å². The number of aromatic amines is 1. The third kappa shape index (κ3) is 2.84. The van der Waals surface area contributed by atoms with E-state index in [1.807, 2.05) is 6.92 Å². The molecular weight excluding hydrogens is 342 g/mol. The van der Waals surface area contributed by atoms with Crippen molar-refractivity contribution in [1.29, 1.82) is 0 Å². The zero-order valence-electron chi connectivity index (χ0n) is 16.5. The van der Waals surface area contributed by atoms with Gasteiger partial charge >= 0.3 is 0 Å². The predicted octanol–water partition coefficient (Wildman–Crippen LogP) is 4.83. The highest BCUT2D eigenvalue weighted by molar-refractivity contribution is 5.94. The van der Waals surface area contributed by atoms with Crippen LogP contribution in [0.2, 0.25) is 0 Å². The van der Waals surface area contributed by atoms with Crippen molar-refractivity contribution in [3.05, 3.63) is 34.5 Å². The number of phenolic OH excluding ortho intramolecular Hbond substituents is 1. The topological polar surface area (TPSA) is 89.0 Å². The molecule has 2 aromatic rings. The lowest BCUT2D eigenvalue weighted by Gasteiger charge is -2.18. The summed E-state index contributed by atoms with van der Waals surface area (Å²) in [7, 11) is 0. The third-order valence-corrected chi connectivity index (χ3v) is 6.26. The number of ether oxygens (including phenoxy) is 1. The zero-order chi connectivity index (χ0) is 19.5. The first kappa shape index (κ1) is 18.4. The normalized spacial score (nSPS) is 27.1. The smallest absolute Gasteiger partial charge is 0.135 e. The van der Waals surface area contributed by atoms with Gasteiger partial charge in [0.2, 0.25) is 0 Å². The number of H-pyrrole nitrogens is 1. The fourth-order valence-corrected chi connectivity index (χ4v) is 4.42. The molecule has 1 aliphatic carbocycles. The molecule has 4 N–H and O–H groups in total. The van der Waals surface area contributed by atoms with Gasteiger partial charge in [-0.2, -0.15) is 0 Å².